The molecule has 0 N–H and O–H groups in total. The molecule has 4 heteroatoms. The SMILES string of the molecule is C/C=C/CCc1ccc(-c2ccc3c(F)c(C#Cc4ccc(C(F)(F)F)cc4)ccc3c2)cc1. The first kappa shape index (κ1) is 23.3. The molecule has 0 radical (unpaired) electrons. The molecule has 170 valence electrons. The second-order valence-electron chi connectivity index (χ2n) is 7.99. The van der Waals surface area contributed by atoms with Gasteiger partial charge in [-0.05, 0) is 78.2 Å². The summed E-state index contributed by atoms with van der Waals surface area (Å²) in [6, 6.07) is 21.9. The van der Waals surface area contributed by atoms with Gasteiger partial charge in [0.2, 0.25) is 0 Å². The topological polar surface area (TPSA) is 0 Å². The second-order valence-corrected chi connectivity index (χ2v) is 7.99. The average Bonchev–Trinajstić information content (AvgIpc) is 2.84. The van der Waals surface area contributed by atoms with Gasteiger partial charge in [-0.1, -0.05) is 66.5 Å². The third-order valence-electron chi connectivity index (χ3n) is 5.63. The van der Waals surface area contributed by atoms with Gasteiger partial charge in [0.25, 0.3) is 0 Å². The molecular formula is C30H22F4. The van der Waals surface area contributed by atoms with E-state index < -0.39 is 17.6 Å². The Labute approximate surface area is 196 Å². The summed E-state index contributed by atoms with van der Waals surface area (Å²) in [5.74, 6) is 5.04. The highest BCUT2D eigenvalue weighted by atomic mass is 19.4. The molecule has 0 fully saturated rings. The zero-order chi connectivity index (χ0) is 24.1. The Morgan fingerprint density at radius 3 is 2.18 bits per heavy atom. The van der Waals surface area contributed by atoms with Gasteiger partial charge in [-0.3, -0.25) is 0 Å². The van der Waals surface area contributed by atoms with E-state index in [2.05, 4.69) is 42.2 Å². The number of halogens is 4. The van der Waals surface area contributed by atoms with E-state index in [0.29, 0.717) is 10.9 Å². The van der Waals surface area contributed by atoms with Crippen LogP contribution in [-0.2, 0) is 12.6 Å². The predicted molar refractivity (Wildman–Crippen MR) is 130 cm³/mol. The van der Waals surface area contributed by atoms with Crippen LogP contribution in [0, 0.1) is 17.7 Å². The van der Waals surface area contributed by atoms with E-state index in [9.17, 15) is 13.2 Å². The summed E-state index contributed by atoms with van der Waals surface area (Å²) >= 11 is 0. The fourth-order valence-corrected chi connectivity index (χ4v) is 3.73. The molecular weight excluding hydrogens is 436 g/mol. The molecule has 0 aliphatic carbocycles. The normalized spacial score (nSPS) is 11.6. The van der Waals surface area contributed by atoms with Crippen molar-refractivity contribution in [1.29, 1.82) is 0 Å². The Balaban J connectivity index is 1.56. The molecule has 0 heterocycles. The second kappa shape index (κ2) is 9.97. The van der Waals surface area contributed by atoms with Gasteiger partial charge in [0.05, 0.1) is 11.1 Å². The van der Waals surface area contributed by atoms with E-state index in [4.69, 9.17) is 0 Å². The van der Waals surface area contributed by atoms with E-state index >= 15 is 4.39 Å². The van der Waals surface area contributed by atoms with Crippen molar-refractivity contribution in [2.75, 3.05) is 0 Å². The average molecular weight is 458 g/mol. The Morgan fingerprint density at radius 2 is 1.50 bits per heavy atom. The maximum Gasteiger partial charge on any atom is 0.416 e. The molecule has 0 nitrogen and oxygen atoms in total. The van der Waals surface area contributed by atoms with Gasteiger partial charge in [0.1, 0.15) is 5.82 Å². The summed E-state index contributed by atoms with van der Waals surface area (Å²) in [7, 11) is 0. The monoisotopic (exact) mass is 458 g/mol. The van der Waals surface area contributed by atoms with E-state index in [1.807, 2.05) is 31.2 Å². The minimum atomic E-state index is -4.40. The van der Waals surface area contributed by atoms with Gasteiger partial charge in [0, 0.05) is 10.9 Å². The van der Waals surface area contributed by atoms with E-state index in [-0.39, 0.29) is 5.56 Å². The van der Waals surface area contributed by atoms with Crippen LogP contribution in [0.2, 0.25) is 0 Å². The number of hydrogen-bond donors (Lipinski definition) is 0. The van der Waals surface area contributed by atoms with Crippen molar-refractivity contribution in [2.24, 2.45) is 0 Å². The number of aryl methyl sites for hydroxylation is 1. The molecule has 0 aliphatic heterocycles. The minimum Gasteiger partial charge on any atom is -0.205 e. The lowest BCUT2D eigenvalue weighted by Crippen LogP contribution is -2.04. The number of hydrogen-bond acceptors (Lipinski definition) is 0. The van der Waals surface area contributed by atoms with Gasteiger partial charge in [0.15, 0.2) is 0 Å². The fourth-order valence-electron chi connectivity index (χ4n) is 3.73. The molecule has 0 unspecified atom stereocenters. The van der Waals surface area contributed by atoms with Crippen molar-refractivity contribution in [3.8, 4) is 23.0 Å². The van der Waals surface area contributed by atoms with Crippen LogP contribution >= 0.6 is 0 Å². The zero-order valence-corrected chi connectivity index (χ0v) is 18.6. The van der Waals surface area contributed by atoms with Crippen LogP contribution in [0.5, 0.6) is 0 Å². The van der Waals surface area contributed by atoms with Crippen LogP contribution in [0.1, 0.15) is 35.6 Å². The predicted octanol–water partition coefficient (Wildman–Crippen LogP) is 8.57. The number of allylic oxidation sites excluding steroid dienone is 2. The van der Waals surface area contributed by atoms with Crippen LogP contribution in [0.15, 0.2) is 91.0 Å². The summed E-state index contributed by atoms with van der Waals surface area (Å²) in [4.78, 5) is 0. The first-order chi connectivity index (χ1) is 16.3. The quantitative estimate of drug-likeness (QED) is 0.163. The molecule has 4 rings (SSSR count). The standard InChI is InChI=1S/C30H22F4/c1-2-3-4-5-21-6-11-23(12-7-21)25-16-19-28-26(20-25)15-14-24(29(28)31)13-8-22-9-17-27(18-10-22)30(32,33)34/h2-3,6-7,9-12,14-20H,4-5H2,1H3/b3-2+. The molecule has 34 heavy (non-hydrogen) atoms. The minimum absolute atomic E-state index is 0.200. The van der Waals surface area contributed by atoms with Crippen molar-refractivity contribution >= 4 is 10.8 Å². The summed E-state index contributed by atoms with van der Waals surface area (Å²) in [5.41, 5.74) is 3.17. The molecule has 0 aliphatic rings. The van der Waals surface area contributed by atoms with Crippen LogP contribution in [0.25, 0.3) is 21.9 Å². The number of benzene rings is 4. The molecule has 4 aromatic rings. The van der Waals surface area contributed by atoms with Crippen LogP contribution in [-0.4, -0.2) is 0 Å². The summed E-state index contributed by atoms with van der Waals surface area (Å²) in [6.07, 6.45) is 1.80. The Hall–Kier alpha value is -3.84. The maximum absolute atomic E-state index is 15.1. The van der Waals surface area contributed by atoms with Crippen molar-refractivity contribution in [3.63, 3.8) is 0 Å². The Morgan fingerprint density at radius 1 is 0.794 bits per heavy atom. The van der Waals surface area contributed by atoms with Crippen molar-refractivity contribution in [1.82, 2.24) is 0 Å². The molecule has 0 bridgehead atoms. The smallest absolute Gasteiger partial charge is 0.205 e. The summed E-state index contributed by atoms with van der Waals surface area (Å²) in [6.45, 7) is 2.01. The number of rotatable bonds is 4. The van der Waals surface area contributed by atoms with Gasteiger partial charge < -0.3 is 0 Å². The number of fused-ring (bicyclic) bond motifs is 1. The van der Waals surface area contributed by atoms with Crippen molar-refractivity contribution in [3.05, 3.63) is 119 Å². The third kappa shape index (κ3) is 5.38. The molecule has 0 amide bonds. The molecule has 0 aromatic heterocycles. The number of alkyl halides is 3. The largest absolute Gasteiger partial charge is 0.416 e. The van der Waals surface area contributed by atoms with Gasteiger partial charge in [-0.25, -0.2) is 4.39 Å². The van der Waals surface area contributed by atoms with E-state index in [0.717, 1.165) is 41.5 Å². The lowest BCUT2D eigenvalue weighted by molar-refractivity contribution is -0.137. The van der Waals surface area contributed by atoms with Crippen molar-refractivity contribution in [2.45, 2.75) is 25.9 Å². The Bertz CT molecular complexity index is 1380. The van der Waals surface area contributed by atoms with Crippen LogP contribution < -0.4 is 0 Å². The molecule has 0 saturated carbocycles. The highest BCUT2D eigenvalue weighted by Gasteiger charge is 2.29. The highest BCUT2D eigenvalue weighted by molar-refractivity contribution is 5.89. The molecule has 0 saturated heterocycles. The lowest BCUT2D eigenvalue weighted by Gasteiger charge is -2.07. The van der Waals surface area contributed by atoms with Crippen LogP contribution in [0.4, 0.5) is 17.6 Å². The molecule has 0 spiro atoms. The molecule has 4 aromatic carbocycles. The Kier molecular flexibility index (Phi) is 6.84. The highest BCUT2D eigenvalue weighted by Crippen LogP contribution is 2.30. The lowest BCUT2D eigenvalue weighted by atomic mass is 9.98. The van der Waals surface area contributed by atoms with E-state index in [1.165, 1.54) is 17.7 Å². The van der Waals surface area contributed by atoms with Crippen LogP contribution in [0.3, 0.4) is 0 Å². The van der Waals surface area contributed by atoms with Gasteiger partial charge in [-0.2, -0.15) is 13.2 Å². The summed E-state index contributed by atoms with van der Waals surface area (Å²) in [5, 5.41) is 1.21. The van der Waals surface area contributed by atoms with E-state index in [1.54, 1.807) is 12.1 Å². The first-order valence-corrected chi connectivity index (χ1v) is 11.0. The fraction of sp³-hybridized carbons (Fsp3) is 0.133. The maximum atomic E-state index is 15.1. The first-order valence-electron chi connectivity index (χ1n) is 11.0. The van der Waals surface area contributed by atoms with Crippen molar-refractivity contribution < 1.29 is 17.6 Å². The molecule has 0 atom stereocenters. The summed E-state index contributed by atoms with van der Waals surface area (Å²) < 4.78 is 53.2. The zero-order valence-electron chi connectivity index (χ0n) is 18.6. The van der Waals surface area contributed by atoms with Gasteiger partial charge >= 0.3 is 6.18 Å². The van der Waals surface area contributed by atoms with Gasteiger partial charge in [-0.15, -0.1) is 0 Å². The third-order valence-corrected chi connectivity index (χ3v) is 5.63.